The van der Waals surface area contributed by atoms with Gasteiger partial charge in [-0.1, -0.05) is 23.7 Å². The Morgan fingerprint density at radius 2 is 1.97 bits per heavy atom. The van der Waals surface area contributed by atoms with Gasteiger partial charge in [0.1, 0.15) is 0 Å². The van der Waals surface area contributed by atoms with Gasteiger partial charge in [0.25, 0.3) is 0 Å². The van der Waals surface area contributed by atoms with Crippen LogP contribution in [0.5, 0.6) is 0 Å². The highest BCUT2D eigenvalue weighted by atomic mass is 127. The lowest BCUT2D eigenvalue weighted by molar-refractivity contribution is -0.146. The molecule has 3 rings (SSSR count). The lowest BCUT2D eigenvalue weighted by Gasteiger charge is -2.34. The van der Waals surface area contributed by atoms with Gasteiger partial charge < -0.3 is 15.0 Å². The summed E-state index contributed by atoms with van der Waals surface area (Å²) in [5, 5.41) is 4.21. The summed E-state index contributed by atoms with van der Waals surface area (Å²) in [6, 6.07) is 8.39. The van der Waals surface area contributed by atoms with Gasteiger partial charge in [-0.25, -0.2) is 0 Å². The Balaban J connectivity index is 0.00000320. The van der Waals surface area contributed by atoms with Gasteiger partial charge in [0.15, 0.2) is 5.96 Å². The van der Waals surface area contributed by atoms with Gasteiger partial charge in [-0.15, -0.1) is 24.0 Å². The van der Waals surface area contributed by atoms with E-state index in [9.17, 15) is 4.79 Å². The highest BCUT2D eigenvalue weighted by Crippen LogP contribution is 2.27. The molecule has 8 heteroatoms. The highest BCUT2D eigenvalue weighted by Gasteiger charge is 2.28. The molecule has 1 aromatic rings. The third kappa shape index (κ3) is 6.72. The Morgan fingerprint density at radius 3 is 2.57 bits per heavy atom. The van der Waals surface area contributed by atoms with E-state index < -0.39 is 0 Å². The number of esters is 1. The lowest BCUT2D eigenvalue weighted by Crippen LogP contribution is -2.47. The molecule has 168 valence electrons. The fourth-order valence-corrected chi connectivity index (χ4v) is 4.49. The van der Waals surface area contributed by atoms with Crippen molar-refractivity contribution in [3.8, 4) is 0 Å². The first-order chi connectivity index (χ1) is 14.1. The SMILES string of the molecule is CCNC(=NCC(c1cccc(Cl)c1)N1CCCC1)N1CCC(C(=O)OC)CC1.I. The Labute approximate surface area is 202 Å². The molecule has 1 N–H and O–H groups in total. The molecule has 2 aliphatic heterocycles. The molecule has 0 saturated carbocycles. The summed E-state index contributed by atoms with van der Waals surface area (Å²) in [6.45, 7) is 7.45. The molecule has 0 aromatic heterocycles. The number of likely N-dealkylation sites (tertiary alicyclic amines) is 2. The molecule has 0 amide bonds. The van der Waals surface area contributed by atoms with Crippen LogP contribution < -0.4 is 5.32 Å². The van der Waals surface area contributed by atoms with E-state index in [1.165, 1.54) is 25.5 Å². The number of nitrogens with zero attached hydrogens (tertiary/aromatic N) is 3. The van der Waals surface area contributed by atoms with Crippen LogP contribution in [0.25, 0.3) is 0 Å². The Morgan fingerprint density at radius 1 is 1.27 bits per heavy atom. The minimum absolute atomic E-state index is 0. The number of hydrogen-bond acceptors (Lipinski definition) is 4. The first kappa shape index (κ1) is 25.2. The minimum Gasteiger partial charge on any atom is -0.469 e. The van der Waals surface area contributed by atoms with Gasteiger partial charge in [0.2, 0.25) is 0 Å². The number of carbonyl (C=O) groups excluding carboxylic acids is 1. The van der Waals surface area contributed by atoms with Gasteiger partial charge in [0.05, 0.1) is 25.6 Å². The third-order valence-corrected chi connectivity index (χ3v) is 6.13. The third-order valence-electron chi connectivity index (χ3n) is 5.89. The first-order valence-corrected chi connectivity index (χ1v) is 11.1. The topological polar surface area (TPSA) is 57.2 Å². The number of aliphatic imine (C=N–C) groups is 1. The molecule has 0 aliphatic carbocycles. The summed E-state index contributed by atoms with van der Waals surface area (Å²) in [4.78, 5) is 21.6. The summed E-state index contributed by atoms with van der Waals surface area (Å²) in [6.07, 6.45) is 4.09. The van der Waals surface area contributed by atoms with Crippen LogP contribution in [0.15, 0.2) is 29.3 Å². The largest absolute Gasteiger partial charge is 0.469 e. The number of carbonyl (C=O) groups is 1. The van der Waals surface area contributed by atoms with E-state index in [-0.39, 0.29) is 41.9 Å². The Bertz CT molecular complexity index is 704. The maximum atomic E-state index is 11.8. The Kier molecular flexibility index (Phi) is 10.7. The van der Waals surface area contributed by atoms with Crippen LogP contribution >= 0.6 is 35.6 Å². The molecule has 1 aromatic carbocycles. The van der Waals surface area contributed by atoms with Crippen molar-refractivity contribution in [2.75, 3.05) is 46.4 Å². The van der Waals surface area contributed by atoms with Crippen LogP contribution in [0.3, 0.4) is 0 Å². The average Bonchev–Trinajstić information content (AvgIpc) is 3.27. The van der Waals surface area contributed by atoms with Crippen LogP contribution in [-0.4, -0.2) is 68.1 Å². The molecule has 0 spiro atoms. The molecule has 0 radical (unpaired) electrons. The van der Waals surface area contributed by atoms with Crippen molar-refractivity contribution in [1.82, 2.24) is 15.1 Å². The quantitative estimate of drug-likeness (QED) is 0.253. The van der Waals surface area contributed by atoms with Gasteiger partial charge in [-0.2, -0.15) is 0 Å². The van der Waals surface area contributed by atoms with Gasteiger partial charge in [-0.3, -0.25) is 14.7 Å². The van der Waals surface area contributed by atoms with Crippen molar-refractivity contribution in [1.29, 1.82) is 0 Å². The van der Waals surface area contributed by atoms with E-state index >= 15 is 0 Å². The second-order valence-electron chi connectivity index (χ2n) is 7.79. The molecule has 2 heterocycles. The fourth-order valence-electron chi connectivity index (χ4n) is 4.29. The zero-order chi connectivity index (χ0) is 20.6. The second-order valence-corrected chi connectivity index (χ2v) is 8.23. The molecule has 2 fully saturated rings. The smallest absolute Gasteiger partial charge is 0.308 e. The van der Waals surface area contributed by atoms with Gasteiger partial charge in [-0.05, 0) is 63.4 Å². The first-order valence-electron chi connectivity index (χ1n) is 10.7. The number of rotatable bonds is 6. The van der Waals surface area contributed by atoms with Crippen LogP contribution in [0.1, 0.15) is 44.2 Å². The van der Waals surface area contributed by atoms with Crippen LogP contribution in [0, 0.1) is 5.92 Å². The number of nitrogens with one attached hydrogen (secondary N) is 1. The number of ether oxygens (including phenoxy) is 1. The predicted molar refractivity (Wildman–Crippen MR) is 133 cm³/mol. The monoisotopic (exact) mass is 548 g/mol. The maximum absolute atomic E-state index is 11.8. The van der Waals surface area contributed by atoms with Gasteiger partial charge >= 0.3 is 5.97 Å². The van der Waals surface area contributed by atoms with Crippen LogP contribution in [0.4, 0.5) is 0 Å². The van der Waals surface area contributed by atoms with E-state index in [4.69, 9.17) is 21.3 Å². The summed E-state index contributed by atoms with van der Waals surface area (Å²) >= 11 is 6.27. The number of hydrogen-bond donors (Lipinski definition) is 1. The van der Waals surface area contributed by atoms with E-state index in [1.807, 2.05) is 12.1 Å². The van der Waals surface area contributed by atoms with E-state index in [0.717, 1.165) is 56.5 Å². The number of piperidine rings is 1. The summed E-state index contributed by atoms with van der Waals surface area (Å²) in [5.74, 6) is 0.839. The molecule has 1 atom stereocenters. The predicted octanol–water partition coefficient (Wildman–Crippen LogP) is 3.95. The van der Waals surface area contributed by atoms with Crippen molar-refractivity contribution in [3.05, 3.63) is 34.9 Å². The van der Waals surface area contributed by atoms with E-state index in [0.29, 0.717) is 6.54 Å². The molecule has 0 bridgehead atoms. The van der Waals surface area contributed by atoms with Crippen molar-refractivity contribution < 1.29 is 9.53 Å². The number of halogens is 2. The highest BCUT2D eigenvalue weighted by molar-refractivity contribution is 14.0. The minimum atomic E-state index is -0.0957. The lowest BCUT2D eigenvalue weighted by atomic mass is 9.97. The molecule has 30 heavy (non-hydrogen) atoms. The summed E-state index contributed by atoms with van der Waals surface area (Å²) in [7, 11) is 1.47. The molecular formula is C22H34ClIN4O2. The Hall–Kier alpha value is -1.06. The van der Waals surface area contributed by atoms with Crippen molar-refractivity contribution in [2.45, 2.75) is 38.6 Å². The second kappa shape index (κ2) is 12.7. The molecule has 2 saturated heterocycles. The number of benzene rings is 1. The summed E-state index contributed by atoms with van der Waals surface area (Å²) in [5.41, 5.74) is 1.23. The maximum Gasteiger partial charge on any atom is 0.308 e. The number of methoxy groups -OCH3 is 1. The molecule has 1 unspecified atom stereocenters. The molecule has 6 nitrogen and oxygen atoms in total. The van der Waals surface area contributed by atoms with Crippen molar-refractivity contribution in [2.24, 2.45) is 10.9 Å². The fraction of sp³-hybridized carbons (Fsp3) is 0.636. The van der Waals surface area contributed by atoms with E-state index in [2.05, 4.69) is 34.2 Å². The molecule has 2 aliphatic rings. The van der Waals surface area contributed by atoms with Gasteiger partial charge in [0, 0.05) is 24.7 Å². The normalized spacial score (nSPS) is 19.3. The molecular weight excluding hydrogens is 515 g/mol. The average molecular weight is 549 g/mol. The van der Waals surface area contributed by atoms with Crippen molar-refractivity contribution in [3.63, 3.8) is 0 Å². The zero-order valence-electron chi connectivity index (χ0n) is 18.0. The van der Waals surface area contributed by atoms with Crippen molar-refractivity contribution >= 4 is 47.5 Å². The van der Waals surface area contributed by atoms with E-state index in [1.54, 1.807) is 0 Å². The summed E-state index contributed by atoms with van der Waals surface area (Å²) < 4.78 is 4.91. The standard InChI is InChI=1S/C22H33ClN4O2.HI/c1-3-24-22(27-13-9-17(10-14-27)21(28)29-2)25-16-20(26-11-4-5-12-26)18-7-6-8-19(23)15-18;/h6-8,15,17,20H,3-5,9-14,16H2,1-2H3,(H,24,25);1H. The van der Waals surface area contributed by atoms with Crippen LogP contribution in [-0.2, 0) is 9.53 Å². The number of guanidine groups is 1. The zero-order valence-corrected chi connectivity index (χ0v) is 21.1. The van der Waals surface area contributed by atoms with Crippen LogP contribution in [0.2, 0.25) is 5.02 Å².